The third-order valence-electron chi connectivity index (χ3n) is 4.05. The maximum absolute atomic E-state index is 2.35. The normalized spacial score (nSPS) is 11.4. The van der Waals surface area contributed by atoms with E-state index in [1.165, 1.54) is 41.2 Å². The molecule has 2 aromatic carbocycles. The first-order chi connectivity index (χ1) is 9.11. The zero-order valence-corrected chi connectivity index (χ0v) is 12.8. The van der Waals surface area contributed by atoms with Gasteiger partial charge in [-0.25, -0.2) is 0 Å². The van der Waals surface area contributed by atoms with E-state index in [0.29, 0.717) is 0 Å². The summed E-state index contributed by atoms with van der Waals surface area (Å²) in [6, 6.07) is 11.5. The topological polar surface area (TPSA) is 0 Å². The molecule has 0 saturated carbocycles. The van der Waals surface area contributed by atoms with Crippen LogP contribution in [0, 0.1) is 12.8 Å². The van der Waals surface area contributed by atoms with Gasteiger partial charge in [0, 0.05) is 0 Å². The van der Waals surface area contributed by atoms with Gasteiger partial charge in [0.2, 0.25) is 0 Å². The number of benzene rings is 2. The van der Waals surface area contributed by atoms with E-state index in [-0.39, 0.29) is 0 Å². The summed E-state index contributed by atoms with van der Waals surface area (Å²) in [6.07, 6.45) is 4.95. The third kappa shape index (κ3) is 3.37. The van der Waals surface area contributed by atoms with Crippen LogP contribution in [0.15, 0.2) is 30.3 Å². The van der Waals surface area contributed by atoms with Crippen LogP contribution in [0.1, 0.15) is 50.3 Å². The lowest BCUT2D eigenvalue weighted by Crippen LogP contribution is -1.95. The Balaban J connectivity index is 2.32. The van der Waals surface area contributed by atoms with E-state index < -0.39 is 0 Å². The van der Waals surface area contributed by atoms with Crippen LogP contribution in [0.3, 0.4) is 0 Å². The highest BCUT2D eigenvalue weighted by Gasteiger charge is 2.06. The molecule has 0 bridgehead atoms. The minimum absolute atomic E-state index is 0.807. The molecule has 2 aromatic rings. The number of aryl methyl sites for hydroxylation is 3. The van der Waals surface area contributed by atoms with Gasteiger partial charge in [0.15, 0.2) is 0 Å². The molecule has 0 fully saturated rings. The van der Waals surface area contributed by atoms with Gasteiger partial charge in [-0.2, -0.15) is 0 Å². The Labute approximate surface area is 117 Å². The monoisotopic (exact) mass is 254 g/mol. The molecular formula is C19H26. The molecule has 0 aliphatic rings. The van der Waals surface area contributed by atoms with Gasteiger partial charge in [-0.05, 0) is 59.6 Å². The summed E-state index contributed by atoms with van der Waals surface area (Å²) in [7, 11) is 0. The molecule has 0 aliphatic heterocycles. The summed E-state index contributed by atoms with van der Waals surface area (Å²) in [6.45, 7) is 9.09. The molecule has 102 valence electrons. The molecule has 0 N–H and O–H groups in total. The SMILES string of the molecule is CCc1ccc2c(CCCC(C)C)c(C)ccc2c1. The van der Waals surface area contributed by atoms with Crippen LogP contribution in [0.4, 0.5) is 0 Å². The Morgan fingerprint density at radius 1 is 1.05 bits per heavy atom. The van der Waals surface area contributed by atoms with Gasteiger partial charge < -0.3 is 0 Å². The molecule has 2 rings (SSSR count). The van der Waals surface area contributed by atoms with E-state index >= 15 is 0 Å². The number of hydrogen-bond acceptors (Lipinski definition) is 0. The molecule has 0 spiro atoms. The molecule has 0 heterocycles. The van der Waals surface area contributed by atoms with Crippen LogP contribution < -0.4 is 0 Å². The van der Waals surface area contributed by atoms with Crippen LogP contribution in [0.25, 0.3) is 10.8 Å². The van der Waals surface area contributed by atoms with Crippen molar-refractivity contribution in [3.05, 3.63) is 47.0 Å². The highest BCUT2D eigenvalue weighted by molar-refractivity contribution is 5.87. The van der Waals surface area contributed by atoms with Gasteiger partial charge in [0.1, 0.15) is 0 Å². The second-order valence-electron chi connectivity index (χ2n) is 6.06. The predicted octanol–water partition coefficient (Wildman–Crippen LogP) is 5.69. The molecule has 0 radical (unpaired) electrons. The van der Waals surface area contributed by atoms with E-state index in [0.717, 1.165) is 12.3 Å². The van der Waals surface area contributed by atoms with Crippen molar-refractivity contribution < 1.29 is 0 Å². The summed E-state index contributed by atoms with van der Waals surface area (Å²) in [5.41, 5.74) is 4.44. The first-order valence-corrected chi connectivity index (χ1v) is 7.63. The molecule has 0 amide bonds. The van der Waals surface area contributed by atoms with Crippen molar-refractivity contribution in [3.63, 3.8) is 0 Å². The average molecular weight is 254 g/mol. The number of fused-ring (bicyclic) bond motifs is 1. The van der Waals surface area contributed by atoms with Crippen molar-refractivity contribution in [3.8, 4) is 0 Å². The number of rotatable bonds is 5. The van der Waals surface area contributed by atoms with E-state index in [2.05, 4.69) is 58.0 Å². The standard InChI is InChI=1S/C19H26/c1-5-16-10-12-19-17(13-16)11-9-15(4)18(19)8-6-7-14(2)3/h9-14H,5-8H2,1-4H3. The van der Waals surface area contributed by atoms with Crippen LogP contribution in [0.2, 0.25) is 0 Å². The van der Waals surface area contributed by atoms with Crippen molar-refractivity contribution in [2.45, 2.75) is 53.4 Å². The molecule has 0 unspecified atom stereocenters. The Morgan fingerprint density at radius 3 is 2.53 bits per heavy atom. The van der Waals surface area contributed by atoms with E-state index in [4.69, 9.17) is 0 Å². The number of hydrogen-bond donors (Lipinski definition) is 0. The quantitative estimate of drug-likeness (QED) is 0.643. The highest BCUT2D eigenvalue weighted by Crippen LogP contribution is 2.25. The zero-order valence-electron chi connectivity index (χ0n) is 12.8. The first-order valence-electron chi connectivity index (χ1n) is 7.63. The molecule has 0 nitrogen and oxygen atoms in total. The molecule has 19 heavy (non-hydrogen) atoms. The van der Waals surface area contributed by atoms with Crippen molar-refractivity contribution in [1.29, 1.82) is 0 Å². The van der Waals surface area contributed by atoms with Gasteiger partial charge in [-0.1, -0.05) is 57.5 Å². The van der Waals surface area contributed by atoms with Crippen LogP contribution in [-0.4, -0.2) is 0 Å². The Hall–Kier alpha value is -1.30. The van der Waals surface area contributed by atoms with Crippen molar-refractivity contribution in [2.75, 3.05) is 0 Å². The Kier molecular flexibility index (Phi) is 4.63. The molecule has 0 saturated heterocycles. The lowest BCUT2D eigenvalue weighted by Gasteiger charge is -2.12. The van der Waals surface area contributed by atoms with Gasteiger partial charge in [-0.15, -0.1) is 0 Å². The van der Waals surface area contributed by atoms with E-state index in [1.807, 2.05) is 0 Å². The fourth-order valence-corrected chi connectivity index (χ4v) is 2.79. The van der Waals surface area contributed by atoms with Gasteiger partial charge in [-0.3, -0.25) is 0 Å². The fraction of sp³-hybridized carbons (Fsp3) is 0.474. The molecular weight excluding hydrogens is 228 g/mol. The van der Waals surface area contributed by atoms with Crippen LogP contribution >= 0.6 is 0 Å². The van der Waals surface area contributed by atoms with Crippen molar-refractivity contribution in [1.82, 2.24) is 0 Å². The first kappa shape index (κ1) is 14.1. The second-order valence-corrected chi connectivity index (χ2v) is 6.06. The lowest BCUT2D eigenvalue weighted by atomic mass is 9.93. The van der Waals surface area contributed by atoms with Crippen molar-refractivity contribution >= 4 is 10.8 Å². The summed E-state index contributed by atoms with van der Waals surface area (Å²) in [5.74, 6) is 0.807. The molecule has 0 atom stereocenters. The summed E-state index contributed by atoms with van der Waals surface area (Å²) >= 11 is 0. The maximum Gasteiger partial charge on any atom is -0.0149 e. The summed E-state index contributed by atoms with van der Waals surface area (Å²) in [5, 5.41) is 2.87. The van der Waals surface area contributed by atoms with Crippen LogP contribution in [-0.2, 0) is 12.8 Å². The average Bonchev–Trinajstić information content (AvgIpc) is 2.40. The fourth-order valence-electron chi connectivity index (χ4n) is 2.79. The molecule has 0 aliphatic carbocycles. The minimum atomic E-state index is 0.807. The van der Waals surface area contributed by atoms with Gasteiger partial charge in [0.05, 0.1) is 0 Å². The van der Waals surface area contributed by atoms with E-state index in [1.54, 1.807) is 5.56 Å². The summed E-state index contributed by atoms with van der Waals surface area (Å²) < 4.78 is 0. The summed E-state index contributed by atoms with van der Waals surface area (Å²) in [4.78, 5) is 0. The lowest BCUT2D eigenvalue weighted by molar-refractivity contribution is 0.556. The Morgan fingerprint density at radius 2 is 1.84 bits per heavy atom. The second kappa shape index (κ2) is 6.23. The highest BCUT2D eigenvalue weighted by atomic mass is 14.1. The zero-order chi connectivity index (χ0) is 13.8. The Bertz CT molecular complexity index is 549. The van der Waals surface area contributed by atoms with Crippen molar-refractivity contribution in [2.24, 2.45) is 5.92 Å². The third-order valence-corrected chi connectivity index (χ3v) is 4.05. The van der Waals surface area contributed by atoms with Gasteiger partial charge >= 0.3 is 0 Å². The largest absolute Gasteiger partial charge is 0.0628 e. The smallest absolute Gasteiger partial charge is 0.0149 e. The minimum Gasteiger partial charge on any atom is -0.0628 e. The predicted molar refractivity (Wildman–Crippen MR) is 85.8 cm³/mol. The van der Waals surface area contributed by atoms with E-state index in [9.17, 15) is 0 Å². The molecule has 0 heteroatoms. The molecule has 0 aromatic heterocycles. The maximum atomic E-state index is 2.35. The van der Waals surface area contributed by atoms with Gasteiger partial charge in [0.25, 0.3) is 0 Å². The van der Waals surface area contributed by atoms with Crippen LogP contribution in [0.5, 0.6) is 0 Å².